The molecular weight excluding hydrogens is 605 g/mol. The molecule has 0 fully saturated rings. The van der Waals surface area contributed by atoms with Crippen molar-refractivity contribution in [1.29, 1.82) is 0 Å². The maximum absolute atomic E-state index is 12.5. The van der Waals surface area contributed by atoms with Gasteiger partial charge in [-0.3, -0.25) is 9.59 Å². The van der Waals surface area contributed by atoms with Crippen LogP contribution in [-0.4, -0.2) is 28.3 Å². The number of unbranched alkanes of at least 4 members (excludes halogenated alkanes) is 8. The largest absolute Gasteiger partial charge is 0.391 e. The minimum atomic E-state index is -0.103. The first-order valence-corrected chi connectivity index (χ1v) is 20.7. The average Bonchev–Trinajstić information content (AvgIpc) is 3.01. The lowest BCUT2D eigenvalue weighted by Crippen LogP contribution is -2.14. The molecular formula is C37H70O4S3. The van der Waals surface area contributed by atoms with Crippen molar-refractivity contribution < 1.29 is 18.0 Å². The molecule has 0 amide bonds. The Bertz CT molecular complexity index is 646. The van der Waals surface area contributed by atoms with Crippen LogP contribution < -0.4 is 0 Å². The molecule has 7 heteroatoms. The fourth-order valence-electron chi connectivity index (χ4n) is 5.44. The van der Waals surface area contributed by atoms with E-state index in [9.17, 15) is 9.59 Å². The van der Waals surface area contributed by atoms with Gasteiger partial charge in [0.1, 0.15) is 0 Å². The maximum Gasteiger partial charge on any atom is 0.320 e. The van der Waals surface area contributed by atoms with E-state index < -0.39 is 0 Å². The Morgan fingerprint density at radius 2 is 0.886 bits per heavy atom. The minimum absolute atomic E-state index is 0.0977. The molecule has 4 unspecified atom stereocenters. The lowest BCUT2D eigenvalue weighted by atomic mass is 9.97. The number of hydrogen-bond donors (Lipinski definition) is 0. The van der Waals surface area contributed by atoms with E-state index in [2.05, 4.69) is 27.7 Å². The van der Waals surface area contributed by atoms with Crippen LogP contribution in [0.2, 0.25) is 0 Å². The van der Waals surface area contributed by atoms with Gasteiger partial charge < -0.3 is 8.37 Å². The highest BCUT2D eigenvalue weighted by Crippen LogP contribution is 2.25. The van der Waals surface area contributed by atoms with Crippen LogP contribution in [0.5, 0.6) is 0 Å². The molecule has 0 aromatic heterocycles. The molecule has 0 aromatic carbocycles. The number of carbonyl (C=O) groups excluding carboxylic acids is 2. The van der Waals surface area contributed by atoms with Gasteiger partial charge >= 0.3 is 11.9 Å². The van der Waals surface area contributed by atoms with E-state index in [-0.39, 0.29) is 23.8 Å². The van der Waals surface area contributed by atoms with Crippen molar-refractivity contribution >= 4 is 53.1 Å². The molecule has 0 N–H and O–H groups in total. The summed E-state index contributed by atoms with van der Waals surface area (Å²) in [5, 5.41) is 0. The number of hydrogen-bond acceptors (Lipinski definition) is 7. The van der Waals surface area contributed by atoms with Crippen LogP contribution >= 0.6 is 36.3 Å². The summed E-state index contributed by atoms with van der Waals surface area (Å²) in [6.45, 7) is 12.9. The van der Waals surface area contributed by atoms with Crippen molar-refractivity contribution in [2.75, 3.05) is 11.5 Å². The Balaban J connectivity index is 4.12. The van der Waals surface area contributed by atoms with E-state index >= 15 is 0 Å². The second-order valence-corrected chi connectivity index (χ2v) is 15.3. The summed E-state index contributed by atoms with van der Waals surface area (Å²) in [4.78, 5) is 26.1. The first-order valence-electron chi connectivity index (χ1n) is 18.5. The molecule has 0 spiro atoms. The van der Waals surface area contributed by atoms with E-state index in [1.165, 1.54) is 127 Å². The lowest BCUT2D eigenvalue weighted by Gasteiger charge is -2.17. The average molecular weight is 675 g/mol. The number of carbonyl (C=O) groups is 2. The molecule has 0 rings (SSSR count). The normalized spacial score (nSPS) is 14.1. The highest BCUT2D eigenvalue weighted by molar-refractivity contribution is 7.95. The van der Waals surface area contributed by atoms with Gasteiger partial charge in [0.2, 0.25) is 0 Å². The highest BCUT2D eigenvalue weighted by atomic mass is 32.2. The minimum Gasteiger partial charge on any atom is -0.391 e. The molecule has 0 aliphatic heterocycles. The Hall–Kier alpha value is -0.270. The Morgan fingerprint density at radius 1 is 0.523 bits per heavy atom. The van der Waals surface area contributed by atoms with Gasteiger partial charge in [0.25, 0.3) is 0 Å². The van der Waals surface area contributed by atoms with Crippen molar-refractivity contribution in [3.63, 3.8) is 0 Å². The maximum atomic E-state index is 12.5. The summed E-state index contributed by atoms with van der Waals surface area (Å²) in [6, 6.07) is 0. The fourth-order valence-corrected chi connectivity index (χ4v) is 7.48. The first kappa shape index (κ1) is 43.7. The Labute approximate surface area is 287 Å². The van der Waals surface area contributed by atoms with Crippen molar-refractivity contribution in [1.82, 2.24) is 0 Å². The van der Waals surface area contributed by atoms with Crippen molar-refractivity contribution in [3.8, 4) is 0 Å². The van der Waals surface area contributed by atoms with Crippen LogP contribution in [0.15, 0.2) is 0 Å². The standard InChI is InChI=1S/C37H70O4S3/c1-7-11-15-17-25-33(23-13-9-3)29-43-40-36(38)31(5)21-19-27-35(42)28-20-22-32(6)37(39)41-44-30-34(24-14-10-4)26-18-16-12-8-2/h31-34H,7-30H2,1-6H3. The summed E-state index contributed by atoms with van der Waals surface area (Å²) < 4.78 is 11.2. The van der Waals surface area contributed by atoms with Gasteiger partial charge in [0.05, 0.1) is 35.9 Å². The van der Waals surface area contributed by atoms with E-state index in [1.54, 1.807) is 0 Å². The molecule has 0 aromatic rings. The quantitative estimate of drug-likeness (QED) is 0.0400. The van der Waals surface area contributed by atoms with Gasteiger partial charge in [0, 0.05) is 11.5 Å². The van der Waals surface area contributed by atoms with Crippen LogP contribution in [0.25, 0.3) is 0 Å². The van der Waals surface area contributed by atoms with Gasteiger partial charge in [-0.15, -0.1) is 0 Å². The van der Waals surface area contributed by atoms with Gasteiger partial charge in [-0.25, -0.2) is 0 Å². The third-order valence-electron chi connectivity index (χ3n) is 8.74. The van der Waals surface area contributed by atoms with Crippen molar-refractivity contribution in [2.24, 2.45) is 23.7 Å². The van der Waals surface area contributed by atoms with Gasteiger partial charge in [0.15, 0.2) is 0 Å². The molecule has 0 aliphatic rings. The van der Waals surface area contributed by atoms with Crippen molar-refractivity contribution in [2.45, 2.75) is 183 Å². The molecule has 0 aliphatic carbocycles. The molecule has 0 saturated heterocycles. The van der Waals surface area contributed by atoms with Crippen LogP contribution in [-0.2, 0) is 18.0 Å². The summed E-state index contributed by atoms with van der Waals surface area (Å²) >= 11 is 8.35. The predicted molar refractivity (Wildman–Crippen MR) is 199 cm³/mol. The highest BCUT2D eigenvalue weighted by Gasteiger charge is 2.19. The SMILES string of the molecule is CCCCCCC(CCCC)CSOC(=O)C(C)CCCC(=S)CCCC(C)C(=O)OSCC(CCCC)CCCCCC. The molecule has 4 nitrogen and oxygen atoms in total. The van der Waals surface area contributed by atoms with Crippen LogP contribution in [0.3, 0.4) is 0 Å². The van der Waals surface area contributed by atoms with Crippen LogP contribution in [0.4, 0.5) is 0 Å². The zero-order valence-electron chi connectivity index (χ0n) is 29.6. The smallest absolute Gasteiger partial charge is 0.320 e. The monoisotopic (exact) mass is 674 g/mol. The topological polar surface area (TPSA) is 52.6 Å². The molecule has 0 radical (unpaired) electrons. The van der Waals surface area contributed by atoms with Gasteiger partial charge in [-0.2, -0.15) is 0 Å². The summed E-state index contributed by atoms with van der Waals surface area (Å²) in [5.41, 5.74) is 0. The molecule has 0 heterocycles. The van der Waals surface area contributed by atoms with Crippen molar-refractivity contribution in [3.05, 3.63) is 0 Å². The molecule has 44 heavy (non-hydrogen) atoms. The van der Waals surface area contributed by atoms with E-state index in [4.69, 9.17) is 20.6 Å². The Morgan fingerprint density at radius 3 is 1.25 bits per heavy atom. The third kappa shape index (κ3) is 25.9. The molecule has 0 saturated carbocycles. The molecule has 0 bridgehead atoms. The van der Waals surface area contributed by atoms with E-state index in [0.717, 1.165) is 54.9 Å². The number of thiocarbonyl (C=S) groups is 1. The predicted octanol–water partition coefficient (Wildman–Crippen LogP) is 12.9. The summed E-state index contributed by atoms with van der Waals surface area (Å²) in [7, 11) is 0. The second kappa shape index (κ2) is 31.3. The zero-order chi connectivity index (χ0) is 32.8. The lowest BCUT2D eigenvalue weighted by molar-refractivity contribution is -0.138. The first-order chi connectivity index (χ1) is 21.3. The zero-order valence-corrected chi connectivity index (χ0v) is 32.1. The van der Waals surface area contributed by atoms with Gasteiger partial charge in [-0.1, -0.05) is 131 Å². The number of rotatable bonds is 32. The Kier molecular flexibility index (Phi) is 31.1. The molecule has 260 valence electrons. The molecule has 4 atom stereocenters. The third-order valence-corrected chi connectivity index (χ3v) is 10.9. The van der Waals surface area contributed by atoms with E-state index in [1.807, 2.05) is 13.8 Å². The van der Waals surface area contributed by atoms with Gasteiger partial charge in [-0.05, 0) is 80.9 Å². The van der Waals surface area contributed by atoms with E-state index in [0.29, 0.717) is 11.8 Å². The van der Waals surface area contributed by atoms with Crippen LogP contribution in [0.1, 0.15) is 183 Å². The fraction of sp³-hybridized carbons (Fsp3) is 0.919. The summed E-state index contributed by atoms with van der Waals surface area (Å²) in [5.74, 6) is 2.72. The van der Waals surface area contributed by atoms with Crippen LogP contribution in [0, 0.1) is 23.7 Å². The summed E-state index contributed by atoms with van der Waals surface area (Å²) in [6.07, 6.45) is 25.4. The second-order valence-electron chi connectivity index (χ2n) is 13.2.